The van der Waals surface area contributed by atoms with Crippen molar-refractivity contribution in [1.82, 2.24) is 9.59 Å². The zero-order valence-electron chi connectivity index (χ0n) is 19.0. The number of unbranched alkanes of at least 4 members (excludes halogenated alkanes) is 6. The highest BCUT2D eigenvalue weighted by Gasteiger charge is 2.20. The third kappa shape index (κ3) is 5.44. The van der Waals surface area contributed by atoms with Crippen LogP contribution < -0.4 is 0 Å². The fraction of sp³-hybridized carbons (Fsp3) is 0.462. The number of thiophene rings is 2. The van der Waals surface area contributed by atoms with E-state index in [-0.39, 0.29) is 0 Å². The zero-order valence-corrected chi connectivity index (χ0v) is 22.2. The molecule has 0 N–H and O–H groups in total. The normalized spacial score (nSPS) is 11.6. The van der Waals surface area contributed by atoms with E-state index in [1.54, 1.807) is 0 Å². The van der Waals surface area contributed by atoms with E-state index >= 15 is 0 Å². The molecule has 4 aromatic rings. The third-order valence-corrected chi connectivity index (χ3v) is 9.30. The molecule has 4 rings (SSSR count). The Hall–Kier alpha value is -1.27. The summed E-state index contributed by atoms with van der Waals surface area (Å²) in [6, 6.07) is 8.92. The van der Waals surface area contributed by atoms with Crippen LogP contribution in [0.3, 0.4) is 0 Å². The Morgan fingerprint density at radius 2 is 1.62 bits per heavy atom. The van der Waals surface area contributed by atoms with Gasteiger partial charge in [0.1, 0.15) is 5.52 Å². The van der Waals surface area contributed by atoms with Gasteiger partial charge in [-0.15, -0.1) is 27.8 Å². The summed E-state index contributed by atoms with van der Waals surface area (Å²) in [4.78, 5) is 3.96. The molecule has 0 saturated carbocycles. The van der Waals surface area contributed by atoms with Gasteiger partial charge < -0.3 is 0 Å². The molecule has 0 amide bonds. The standard InChI is InChI=1S/C26H31ClN2S3/c1-3-5-7-9-12-18-16-20(27)23(24-26(18)32-29-28-24)22-17-19(13-10-8-6-4-2)25(31-22)21-14-11-15-30-21/h11,14-17H,3-10,12-13H2,1-2H3. The maximum atomic E-state index is 6.92. The van der Waals surface area contributed by atoms with Gasteiger partial charge in [0.2, 0.25) is 0 Å². The molecule has 0 radical (unpaired) electrons. The SMILES string of the molecule is CCCCCCc1cc(-c2c(Cl)cc(CCCCCC)c3snnc23)sc1-c1cccs1. The third-order valence-electron chi connectivity index (χ3n) is 5.96. The maximum Gasteiger partial charge on any atom is 0.116 e. The summed E-state index contributed by atoms with van der Waals surface area (Å²) in [7, 11) is 0. The minimum atomic E-state index is 0.812. The molecule has 6 heteroatoms. The molecule has 170 valence electrons. The lowest BCUT2D eigenvalue weighted by Gasteiger charge is -2.08. The smallest absolute Gasteiger partial charge is 0.116 e. The molecule has 0 aliphatic rings. The quantitative estimate of drug-likeness (QED) is 0.180. The number of aryl methyl sites for hydroxylation is 2. The van der Waals surface area contributed by atoms with Crippen molar-refractivity contribution in [2.75, 3.05) is 0 Å². The van der Waals surface area contributed by atoms with E-state index in [1.165, 1.54) is 93.4 Å². The van der Waals surface area contributed by atoms with Gasteiger partial charge in [0, 0.05) is 20.2 Å². The number of halogens is 1. The number of fused-ring (bicyclic) bond motifs is 1. The second-order valence-electron chi connectivity index (χ2n) is 8.41. The van der Waals surface area contributed by atoms with Crippen molar-refractivity contribution in [2.45, 2.75) is 78.1 Å². The first kappa shape index (κ1) is 23.9. The predicted molar refractivity (Wildman–Crippen MR) is 145 cm³/mol. The van der Waals surface area contributed by atoms with E-state index in [1.807, 2.05) is 22.7 Å². The van der Waals surface area contributed by atoms with Crippen molar-refractivity contribution >= 4 is 56.0 Å². The fourth-order valence-corrected chi connectivity index (χ4v) is 7.48. The zero-order chi connectivity index (χ0) is 22.3. The first-order valence-corrected chi connectivity index (χ1v) is 14.7. The Bertz CT molecular complexity index is 1130. The van der Waals surface area contributed by atoms with Crippen LogP contribution >= 0.6 is 45.8 Å². The molecule has 0 saturated heterocycles. The van der Waals surface area contributed by atoms with Crippen LogP contribution in [0.4, 0.5) is 0 Å². The van der Waals surface area contributed by atoms with Crippen LogP contribution in [0.2, 0.25) is 5.02 Å². The van der Waals surface area contributed by atoms with Crippen LogP contribution in [-0.4, -0.2) is 9.59 Å². The van der Waals surface area contributed by atoms with Crippen LogP contribution in [0.15, 0.2) is 29.6 Å². The molecule has 0 bridgehead atoms. The van der Waals surface area contributed by atoms with Gasteiger partial charge in [-0.3, -0.25) is 0 Å². The molecule has 0 aliphatic heterocycles. The van der Waals surface area contributed by atoms with E-state index in [0.717, 1.165) is 28.9 Å². The van der Waals surface area contributed by atoms with E-state index < -0.39 is 0 Å². The molecule has 0 fully saturated rings. The summed E-state index contributed by atoms with van der Waals surface area (Å²) in [5.74, 6) is 0. The lowest BCUT2D eigenvalue weighted by Crippen LogP contribution is -1.90. The highest BCUT2D eigenvalue weighted by atomic mass is 35.5. The van der Waals surface area contributed by atoms with E-state index in [4.69, 9.17) is 11.6 Å². The predicted octanol–water partition coefficient (Wildman–Crippen LogP) is 10.0. The Balaban J connectivity index is 1.69. The average Bonchev–Trinajstić information content (AvgIpc) is 3.55. The van der Waals surface area contributed by atoms with Gasteiger partial charge in [0.15, 0.2) is 0 Å². The lowest BCUT2D eigenvalue weighted by atomic mass is 10.0. The first-order chi connectivity index (χ1) is 15.7. The monoisotopic (exact) mass is 502 g/mol. The van der Waals surface area contributed by atoms with Gasteiger partial charge >= 0.3 is 0 Å². The van der Waals surface area contributed by atoms with Crippen molar-refractivity contribution in [1.29, 1.82) is 0 Å². The van der Waals surface area contributed by atoms with Crippen LogP contribution in [0, 0.1) is 0 Å². The summed E-state index contributed by atoms with van der Waals surface area (Å²) in [5.41, 5.74) is 4.79. The largest absolute Gasteiger partial charge is 0.143 e. The maximum absolute atomic E-state index is 6.92. The van der Waals surface area contributed by atoms with Crippen LogP contribution in [-0.2, 0) is 12.8 Å². The van der Waals surface area contributed by atoms with Gasteiger partial charge in [-0.05, 0) is 71.9 Å². The number of benzene rings is 1. The molecule has 0 spiro atoms. The molecule has 0 aliphatic carbocycles. The highest BCUT2D eigenvalue weighted by molar-refractivity contribution is 7.23. The van der Waals surface area contributed by atoms with Crippen LogP contribution in [0.25, 0.3) is 30.4 Å². The number of hydrogen-bond acceptors (Lipinski definition) is 5. The molecular weight excluding hydrogens is 472 g/mol. The molecule has 3 aromatic heterocycles. The van der Waals surface area contributed by atoms with E-state index in [9.17, 15) is 0 Å². The molecule has 0 atom stereocenters. The van der Waals surface area contributed by atoms with E-state index in [0.29, 0.717) is 0 Å². The van der Waals surface area contributed by atoms with Gasteiger partial charge in [-0.1, -0.05) is 74.5 Å². The molecule has 32 heavy (non-hydrogen) atoms. The minimum absolute atomic E-state index is 0.812. The Morgan fingerprint density at radius 3 is 2.31 bits per heavy atom. The summed E-state index contributed by atoms with van der Waals surface area (Å²) in [6.45, 7) is 4.52. The van der Waals surface area contributed by atoms with Crippen molar-refractivity contribution < 1.29 is 0 Å². The van der Waals surface area contributed by atoms with Crippen molar-refractivity contribution in [3.8, 4) is 20.2 Å². The van der Waals surface area contributed by atoms with E-state index in [2.05, 4.69) is 53.1 Å². The second-order valence-corrected chi connectivity index (χ2v) is 11.6. The Labute approximate surface area is 208 Å². The van der Waals surface area contributed by atoms with Crippen molar-refractivity contribution in [3.63, 3.8) is 0 Å². The topological polar surface area (TPSA) is 25.8 Å². The molecular formula is C26H31ClN2S3. The summed E-state index contributed by atoms with van der Waals surface area (Å²) < 4.78 is 5.53. The Kier molecular flexibility index (Phi) is 8.75. The lowest BCUT2D eigenvalue weighted by molar-refractivity contribution is 0.668. The average molecular weight is 503 g/mol. The van der Waals surface area contributed by atoms with Gasteiger partial charge in [-0.2, -0.15) is 0 Å². The molecule has 3 heterocycles. The van der Waals surface area contributed by atoms with Gasteiger partial charge in [0.05, 0.1) is 9.72 Å². The van der Waals surface area contributed by atoms with Crippen molar-refractivity contribution in [3.05, 3.63) is 45.8 Å². The number of hydrogen-bond donors (Lipinski definition) is 0. The molecule has 0 unspecified atom stereocenters. The molecule has 1 aromatic carbocycles. The van der Waals surface area contributed by atoms with Crippen LogP contribution in [0.1, 0.15) is 76.3 Å². The number of nitrogens with zero attached hydrogens (tertiary/aromatic N) is 2. The molecule has 2 nitrogen and oxygen atoms in total. The fourth-order valence-electron chi connectivity index (χ4n) is 4.23. The van der Waals surface area contributed by atoms with Gasteiger partial charge in [0.25, 0.3) is 0 Å². The van der Waals surface area contributed by atoms with Gasteiger partial charge in [-0.25, -0.2) is 0 Å². The Morgan fingerprint density at radius 1 is 0.875 bits per heavy atom. The van der Waals surface area contributed by atoms with Crippen LogP contribution in [0.5, 0.6) is 0 Å². The number of aromatic nitrogens is 2. The summed E-state index contributed by atoms with van der Waals surface area (Å²) >= 11 is 12.1. The highest BCUT2D eigenvalue weighted by Crippen LogP contribution is 2.46. The van der Waals surface area contributed by atoms with Crippen molar-refractivity contribution in [2.24, 2.45) is 0 Å². The second kappa shape index (κ2) is 11.7. The number of rotatable bonds is 12. The minimum Gasteiger partial charge on any atom is -0.143 e. The first-order valence-electron chi connectivity index (χ1n) is 11.8. The summed E-state index contributed by atoms with van der Waals surface area (Å²) in [6.07, 6.45) is 12.3. The summed E-state index contributed by atoms with van der Waals surface area (Å²) in [5, 5.41) is 7.52.